The molecule has 0 saturated carbocycles. The Morgan fingerprint density at radius 2 is 1.56 bits per heavy atom. The number of nitrogens with zero attached hydrogens (tertiary/aromatic N) is 3. The third kappa shape index (κ3) is 7.27. The Hall–Kier alpha value is -6.19. The molecule has 0 fully saturated rings. The summed E-state index contributed by atoms with van der Waals surface area (Å²) in [6.07, 6.45) is -4.94. The average Bonchev–Trinajstić information content (AvgIpc) is 3.06. The van der Waals surface area contributed by atoms with Crippen molar-refractivity contribution in [3.63, 3.8) is 0 Å². The number of hydrogen-bond donors (Lipinski definition) is 1. The van der Waals surface area contributed by atoms with E-state index in [4.69, 9.17) is 15.4 Å². The number of hydroxylamine groups is 1. The number of aromatic nitrogens is 1. The number of pyridine rings is 1. The highest BCUT2D eigenvalue weighted by molar-refractivity contribution is 5.95. The SMILES string of the molecule is Cc1ccc(Cn2c(-c3ccc(Oc4cccc(C(=O)ON(N)C(=O)c5ccccc5)c4)cc3)cc(C(F)(F)F)c(C#N)c2=O)c(C)c1. The summed E-state index contributed by atoms with van der Waals surface area (Å²) >= 11 is 0. The number of alkyl halides is 3. The molecule has 48 heavy (non-hydrogen) atoms. The highest BCUT2D eigenvalue weighted by Crippen LogP contribution is 2.34. The Morgan fingerprint density at radius 1 is 0.875 bits per heavy atom. The molecule has 12 heteroatoms. The molecular formula is C36H27F3N4O5. The van der Waals surface area contributed by atoms with E-state index < -0.39 is 34.7 Å². The van der Waals surface area contributed by atoms with Crippen LogP contribution in [0.2, 0.25) is 0 Å². The quantitative estimate of drug-likeness (QED) is 0.115. The van der Waals surface area contributed by atoms with Crippen LogP contribution in [0.5, 0.6) is 11.5 Å². The minimum Gasteiger partial charge on any atom is -0.457 e. The van der Waals surface area contributed by atoms with E-state index in [0.29, 0.717) is 10.7 Å². The minimum absolute atomic E-state index is 0.0214. The van der Waals surface area contributed by atoms with Crippen LogP contribution in [0.4, 0.5) is 13.2 Å². The molecule has 2 N–H and O–H groups in total. The van der Waals surface area contributed by atoms with Gasteiger partial charge in [0, 0.05) is 5.56 Å². The fourth-order valence-corrected chi connectivity index (χ4v) is 4.98. The maximum Gasteiger partial charge on any atom is 0.417 e. The lowest BCUT2D eigenvalue weighted by atomic mass is 10.0. The molecule has 0 atom stereocenters. The Labute approximate surface area is 272 Å². The van der Waals surface area contributed by atoms with Crippen LogP contribution in [-0.2, 0) is 17.6 Å². The smallest absolute Gasteiger partial charge is 0.417 e. The maximum atomic E-state index is 14.0. The van der Waals surface area contributed by atoms with Crippen molar-refractivity contribution in [2.45, 2.75) is 26.6 Å². The molecule has 5 aromatic rings. The second-order valence-electron chi connectivity index (χ2n) is 10.8. The van der Waals surface area contributed by atoms with Gasteiger partial charge in [-0.1, -0.05) is 53.2 Å². The summed E-state index contributed by atoms with van der Waals surface area (Å²) in [7, 11) is 0. The van der Waals surface area contributed by atoms with E-state index in [0.717, 1.165) is 21.8 Å². The molecule has 1 heterocycles. The molecule has 0 aliphatic carbocycles. The number of hydrazine groups is 1. The van der Waals surface area contributed by atoms with Crippen LogP contribution in [0.3, 0.4) is 0 Å². The van der Waals surface area contributed by atoms with Gasteiger partial charge in [0.15, 0.2) is 0 Å². The predicted octanol–water partition coefficient (Wildman–Crippen LogP) is 6.95. The minimum atomic E-state index is -4.94. The number of aryl methyl sites for hydroxylation is 2. The molecular weight excluding hydrogens is 625 g/mol. The van der Waals surface area contributed by atoms with E-state index in [1.807, 2.05) is 26.0 Å². The molecule has 0 unspecified atom stereocenters. The van der Waals surface area contributed by atoms with Gasteiger partial charge in [0.25, 0.3) is 5.56 Å². The number of carbonyl (C=O) groups excluding carboxylic acids is 2. The number of nitriles is 1. The summed E-state index contributed by atoms with van der Waals surface area (Å²) in [5.74, 6) is 4.45. The second-order valence-corrected chi connectivity index (χ2v) is 10.8. The molecule has 1 aromatic heterocycles. The first-order valence-electron chi connectivity index (χ1n) is 14.4. The largest absolute Gasteiger partial charge is 0.457 e. The number of hydrogen-bond acceptors (Lipinski definition) is 7. The number of ether oxygens (including phenoxy) is 1. The molecule has 0 aliphatic heterocycles. The van der Waals surface area contributed by atoms with Gasteiger partial charge in [0.05, 0.1) is 23.4 Å². The second kappa shape index (κ2) is 13.7. The number of rotatable bonds is 7. The molecule has 0 radical (unpaired) electrons. The third-order valence-corrected chi connectivity index (χ3v) is 7.40. The molecule has 242 valence electrons. The Morgan fingerprint density at radius 3 is 2.21 bits per heavy atom. The summed E-state index contributed by atoms with van der Waals surface area (Å²) in [6.45, 7) is 3.67. The predicted molar refractivity (Wildman–Crippen MR) is 170 cm³/mol. The van der Waals surface area contributed by atoms with Crippen molar-refractivity contribution in [2.24, 2.45) is 5.84 Å². The van der Waals surface area contributed by atoms with E-state index >= 15 is 0 Å². The monoisotopic (exact) mass is 652 g/mol. The van der Waals surface area contributed by atoms with Crippen molar-refractivity contribution in [2.75, 3.05) is 0 Å². The fourth-order valence-electron chi connectivity index (χ4n) is 4.98. The van der Waals surface area contributed by atoms with Gasteiger partial charge < -0.3 is 14.1 Å². The fraction of sp³-hybridized carbons (Fsp3) is 0.111. The Balaban J connectivity index is 1.41. The first-order valence-corrected chi connectivity index (χ1v) is 14.4. The zero-order valence-electron chi connectivity index (χ0n) is 25.6. The molecule has 4 aromatic carbocycles. The maximum absolute atomic E-state index is 14.0. The van der Waals surface area contributed by atoms with Crippen LogP contribution in [-0.4, -0.2) is 21.6 Å². The van der Waals surface area contributed by atoms with Crippen LogP contribution in [0, 0.1) is 25.2 Å². The van der Waals surface area contributed by atoms with Crippen molar-refractivity contribution in [1.29, 1.82) is 5.26 Å². The van der Waals surface area contributed by atoms with Gasteiger partial charge in [0.1, 0.15) is 23.1 Å². The van der Waals surface area contributed by atoms with E-state index in [2.05, 4.69) is 0 Å². The van der Waals surface area contributed by atoms with Gasteiger partial charge >= 0.3 is 18.1 Å². The standard InChI is InChI=1S/C36H27F3N4O5/c1-22-11-12-27(23(2)17-22)21-42-32(19-31(36(37,38)39)30(20-40)34(42)45)24-13-15-28(16-14-24)47-29-10-6-9-26(18-29)35(46)48-43(41)33(44)25-7-4-3-5-8-25/h3-19H,21,41H2,1-2H3. The van der Waals surface area contributed by atoms with Gasteiger partial charge in [-0.25, -0.2) is 10.6 Å². The summed E-state index contributed by atoms with van der Waals surface area (Å²) in [5.41, 5.74) is -0.402. The molecule has 0 bridgehead atoms. The van der Waals surface area contributed by atoms with Gasteiger partial charge in [-0.15, -0.1) is 0 Å². The summed E-state index contributed by atoms with van der Waals surface area (Å²) < 4.78 is 49.0. The van der Waals surface area contributed by atoms with Crippen molar-refractivity contribution in [3.05, 3.63) is 152 Å². The van der Waals surface area contributed by atoms with E-state index in [-0.39, 0.29) is 40.4 Å². The highest BCUT2D eigenvalue weighted by atomic mass is 19.4. The van der Waals surface area contributed by atoms with Gasteiger partial charge in [-0.05, 0) is 91.2 Å². The topological polar surface area (TPSA) is 128 Å². The van der Waals surface area contributed by atoms with Crippen LogP contribution in [0.15, 0.2) is 108 Å². The first kappa shape index (κ1) is 33.2. The van der Waals surface area contributed by atoms with Gasteiger partial charge in [0.2, 0.25) is 0 Å². The third-order valence-electron chi connectivity index (χ3n) is 7.40. The number of nitrogens with two attached hydrogens (primary N) is 1. The van der Waals surface area contributed by atoms with Crippen molar-refractivity contribution in [1.82, 2.24) is 9.74 Å². The molecule has 5 rings (SSSR count). The van der Waals surface area contributed by atoms with Crippen molar-refractivity contribution >= 4 is 11.9 Å². The zero-order chi connectivity index (χ0) is 34.6. The number of amides is 1. The Bertz CT molecular complexity index is 2100. The lowest BCUT2D eigenvalue weighted by Crippen LogP contribution is -2.39. The summed E-state index contributed by atoms with van der Waals surface area (Å²) in [6, 6.07) is 27.5. The molecule has 0 spiro atoms. The summed E-state index contributed by atoms with van der Waals surface area (Å²) in [4.78, 5) is 43.5. The molecule has 0 saturated heterocycles. The lowest BCUT2D eigenvalue weighted by molar-refractivity contribution is -0.137. The molecule has 1 amide bonds. The van der Waals surface area contributed by atoms with E-state index in [1.54, 1.807) is 30.3 Å². The van der Waals surface area contributed by atoms with Gasteiger partial charge in [-0.3, -0.25) is 9.59 Å². The Kier molecular flexibility index (Phi) is 9.44. The zero-order valence-corrected chi connectivity index (χ0v) is 25.6. The molecule has 9 nitrogen and oxygen atoms in total. The van der Waals surface area contributed by atoms with Gasteiger partial charge in [-0.2, -0.15) is 18.4 Å². The van der Waals surface area contributed by atoms with Crippen LogP contribution >= 0.6 is 0 Å². The van der Waals surface area contributed by atoms with Crippen LogP contribution in [0.1, 0.15) is 48.5 Å². The highest BCUT2D eigenvalue weighted by Gasteiger charge is 2.36. The normalized spacial score (nSPS) is 11.0. The molecule has 0 aliphatic rings. The summed E-state index contributed by atoms with van der Waals surface area (Å²) in [5, 5.41) is 9.85. The van der Waals surface area contributed by atoms with Crippen LogP contribution in [0.25, 0.3) is 11.3 Å². The number of benzene rings is 4. The van der Waals surface area contributed by atoms with Crippen LogP contribution < -0.4 is 16.1 Å². The number of carbonyl (C=O) groups is 2. The van der Waals surface area contributed by atoms with Crippen molar-refractivity contribution < 1.29 is 32.3 Å². The van der Waals surface area contributed by atoms with E-state index in [1.165, 1.54) is 60.7 Å². The lowest BCUT2D eigenvalue weighted by Gasteiger charge is -2.19. The number of halogens is 3. The first-order chi connectivity index (χ1) is 22.8. The van der Waals surface area contributed by atoms with E-state index in [9.17, 15) is 32.8 Å². The van der Waals surface area contributed by atoms with Crippen molar-refractivity contribution in [3.8, 4) is 28.8 Å². The average molecular weight is 653 g/mol.